The fourth-order valence-electron chi connectivity index (χ4n) is 5.08. The lowest BCUT2D eigenvalue weighted by Crippen LogP contribution is -2.58. The first-order valence-corrected chi connectivity index (χ1v) is 10.6. The molecule has 0 atom stereocenters. The van der Waals surface area contributed by atoms with Gasteiger partial charge in [-0.1, -0.05) is 6.07 Å². The molecule has 4 aromatic rings. The first kappa shape index (κ1) is 20.6. The van der Waals surface area contributed by atoms with Crippen LogP contribution in [0, 0.1) is 5.95 Å². The summed E-state index contributed by atoms with van der Waals surface area (Å²) in [5.74, 6) is -0.555. The molecule has 0 unspecified atom stereocenters. The molecule has 1 saturated heterocycles. The molecule has 0 amide bonds. The topological polar surface area (TPSA) is 105 Å². The quantitative estimate of drug-likeness (QED) is 0.445. The molecule has 1 aliphatic heterocycles. The van der Waals surface area contributed by atoms with Gasteiger partial charge >= 0.3 is 0 Å². The Morgan fingerprint density at radius 2 is 1.78 bits per heavy atom. The van der Waals surface area contributed by atoms with Crippen LogP contribution in [-0.4, -0.2) is 46.4 Å². The van der Waals surface area contributed by atoms with Crippen LogP contribution in [0.15, 0.2) is 36.7 Å². The van der Waals surface area contributed by atoms with E-state index in [-0.39, 0.29) is 22.9 Å². The van der Waals surface area contributed by atoms with Crippen molar-refractivity contribution in [3.63, 3.8) is 0 Å². The molecule has 4 heterocycles. The largest absolute Gasteiger partial charge is 0.507 e. The van der Waals surface area contributed by atoms with Gasteiger partial charge in [-0.25, -0.2) is 4.68 Å². The van der Waals surface area contributed by atoms with E-state index in [1.165, 1.54) is 12.3 Å². The Kier molecular flexibility index (Phi) is 4.56. The van der Waals surface area contributed by atoms with Gasteiger partial charge in [0.05, 0.1) is 29.7 Å². The molecule has 5 rings (SSSR count). The SMILES string of the molecule is CC1(C)CC(n2ncc3cc(-c4ccc(-c5cn[nH]c5F)cc4O)nnc32)CC(C)(C)N1. The number of benzene rings is 1. The van der Waals surface area contributed by atoms with Crippen LogP contribution in [0.2, 0.25) is 0 Å². The number of H-pyrrole nitrogens is 1. The average Bonchev–Trinajstić information content (AvgIpc) is 3.31. The van der Waals surface area contributed by atoms with E-state index in [1.54, 1.807) is 18.3 Å². The van der Waals surface area contributed by atoms with Crippen molar-refractivity contribution >= 4 is 11.0 Å². The van der Waals surface area contributed by atoms with Gasteiger partial charge in [0.1, 0.15) is 5.75 Å². The van der Waals surface area contributed by atoms with Gasteiger partial charge in [-0.15, -0.1) is 10.2 Å². The molecule has 1 fully saturated rings. The number of phenolic OH excluding ortho intramolecular Hbond substituents is 1. The molecule has 3 aromatic heterocycles. The lowest BCUT2D eigenvalue weighted by molar-refractivity contribution is 0.128. The highest BCUT2D eigenvalue weighted by Crippen LogP contribution is 2.38. The molecule has 32 heavy (non-hydrogen) atoms. The number of fused-ring (bicyclic) bond motifs is 1. The number of aromatic nitrogens is 6. The van der Waals surface area contributed by atoms with Crippen molar-refractivity contribution in [3.05, 3.63) is 42.6 Å². The van der Waals surface area contributed by atoms with Gasteiger partial charge in [0.2, 0.25) is 5.95 Å². The number of nitrogens with one attached hydrogen (secondary N) is 2. The molecule has 0 spiro atoms. The van der Waals surface area contributed by atoms with Crippen LogP contribution in [0.4, 0.5) is 4.39 Å². The summed E-state index contributed by atoms with van der Waals surface area (Å²) >= 11 is 0. The van der Waals surface area contributed by atoms with Crippen molar-refractivity contribution < 1.29 is 9.50 Å². The first-order valence-electron chi connectivity index (χ1n) is 10.6. The van der Waals surface area contributed by atoms with Gasteiger partial charge in [-0.05, 0) is 64.3 Å². The molecule has 1 aliphatic rings. The number of phenols is 1. The molecular formula is C23H26FN7O. The minimum atomic E-state index is -0.546. The van der Waals surface area contributed by atoms with Crippen molar-refractivity contribution in [2.24, 2.45) is 0 Å². The fourth-order valence-corrected chi connectivity index (χ4v) is 5.08. The number of hydrogen-bond donors (Lipinski definition) is 3. The first-order chi connectivity index (χ1) is 15.1. The van der Waals surface area contributed by atoms with Crippen molar-refractivity contribution in [1.82, 2.24) is 35.5 Å². The number of aromatic amines is 1. The lowest BCUT2D eigenvalue weighted by atomic mass is 9.79. The molecule has 1 aromatic carbocycles. The number of halogens is 1. The zero-order valence-electron chi connectivity index (χ0n) is 18.5. The second kappa shape index (κ2) is 7.09. The summed E-state index contributed by atoms with van der Waals surface area (Å²) in [6.45, 7) is 8.83. The van der Waals surface area contributed by atoms with E-state index in [9.17, 15) is 9.50 Å². The minimum absolute atomic E-state index is 0.00834. The Labute approximate surface area is 184 Å². The third-order valence-electron chi connectivity index (χ3n) is 6.03. The van der Waals surface area contributed by atoms with E-state index in [0.717, 1.165) is 23.9 Å². The molecule has 0 bridgehead atoms. The summed E-state index contributed by atoms with van der Waals surface area (Å²) in [4.78, 5) is 0. The van der Waals surface area contributed by atoms with E-state index in [1.807, 2.05) is 10.7 Å². The van der Waals surface area contributed by atoms with Crippen molar-refractivity contribution in [2.75, 3.05) is 0 Å². The van der Waals surface area contributed by atoms with E-state index < -0.39 is 5.95 Å². The number of rotatable bonds is 3. The van der Waals surface area contributed by atoms with Crippen molar-refractivity contribution in [3.8, 4) is 28.1 Å². The Bertz CT molecular complexity index is 1290. The highest BCUT2D eigenvalue weighted by Gasteiger charge is 2.39. The van der Waals surface area contributed by atoms with E-state index in [4.69, 9.17) is 0 Å². The predicted octanol–water partition coefficient (Wildman–Crippen LogP) is 4.21. The van der Waals surface area contributed by atoms with Crippen LogP contribution >= 0.6 is 0 Å². The maximum Gasteiger partial charge on any atom is 0.216 e. The standard InChI is InChI=1S/C23H26FN7O/c1-22(2)9-15(10-23(3,4)30-22)31-21-14(11-26-31)7-18(27-29-21)16-6-5-13(8-19(16)32)17-12-25-28-20(17)24/h5-8,11-12,15,30,32H,9-10H2,1-4H3,(H,25,28). The molecule has 0 saturated carbocycles. The lowest BCUT2D eigenvalue weighted by Gasteiger charge is -2.46. The number of aromatic hydroxyl groups is 1. The van der Waals surface area contributed by atoms with Gasteiger partial charge < -0.3 is 10.4 Å². The van der Waals surface area contributed by atoms with Gasteiger partial charge in [0.25, 0.3) is 0 Å². The van der Waals surface area contributed by atoms with Crippen molar-refractivity contribution in [2.45, 2.75) is 57.7 Å². The molecule has 8 nitrogen and oxygen atoms in total. The normalized spacial score (nSPS) is 18.3. The van der Waals surface area contributed by atoms with Crippen LogP contribution in [-0.2, 0) is 0 Å². The molecule has 9 heteroatoms. The van der Waals surface area contributed by atoms with E-state index in [0.29, 0.717) is 22.4 Å². The molecular weight excluding hydrogens is 409 g/mol. The van der Waals surface area contributed by atoms with Crippen LogP contribution in [0.3, 0.4) is 0 Å². The number of piperidine rings is 1. The van der Waals surface area contributed by atoms with Crippen LogP contribution in [0.25, 0.3) is 33.4 Å². The molecule has 166 valence electrons. The van der Waals surface area contributed by atoms with Crippen LogP contribution in [0.5, 0.6) is 5.75 Å². The maximum atomic E-state index is 13.8. The predicted molar refractivity (Wildman–Crippen MR) is 120 cm³/mol. The van der Waals surface area contributed by atoms with Gasteiger partial charge in [-0.2, -0.15) is 14.6 Å². The van der Waals surface area contributed by atoms with Gasteiger partial charge in [-0.3, -0.25) is 5.10 Å². The minimum Gasteiger partial charge on any atom is -0.507 e. The van der Waals surface area contributed by atoms with Crippen molar-refractivity contribution in [1.29, 1.82) is 0 Å². The summed E-state index contributed by atoms with van der Waals surface area (Å²) in [6.07, 6.45) is 5.04. The zero-order chi connectivity index (χ0) is 22.7. The average molecular weight is 436 g/mol. The Balaban J connectivity index is 1.49. The van der Waals surface area contributed by atoms with Gasteiger partial charge in [0.15, 0.2) is 5.65 Å². The van der Waals surface area contributed by atoms with Gasteiger partial charge in [0, 0.05) is 22.0 Å². The zero-order valence-corrected chi connectivity index (χ0v) is 18.5. The third kappa shape index (κ3) is 3.62. The summed E-state index contributed by atoms with van der Waals surface area (Å²) in [7, 11) is 0. The Morgan fingerprint density at radius 3 is 2.44 bits per heavy atom. The highest BCUT2D eigenvalue weighted by molar-refractivity contribution is 5.81. The number of hydrogen-bond acceptors (Lipinski definition) is 6. The maximum absolute atomic E-state index is 13.8. The van der Waals surface area contributed by atoms with Crippen LogP contribution < -0.4 is 5.32 Å². The van der Waals surface area contributed by atoms with Crippen LogP contribution in [0.1, 0.15) is 46.6 Å². The summed E-state index contributed by atoms with van der Waals surface area (Å²) in [5.41, 5.74) is 2.56. The van der Waals surface area contributed by atoms with E-state index >= 15 is 0 Å². The Hall–Kier alpha value is -3.33. The van der Waals surface area contributed by atoms with E-state index in [2.05, 4.69) is 58.5 Å². The smallest absolute Gasteiger partial charge is 0.216 e. The summed E-state index contributed by atoms with van der Waals surface area (Å²) in [5, 5.41) is 34.5. The number of nitrogens with zero attached hydrogens (tertiary/aromatic N) is 5. The highest BCUT2D eigenvalue weighted by atomic mass is 19.1. The second-order valence-electron chi connectivity index (χ2n) is 9.88. The summed E-state index contributed by atoms with van der Waals surface area (Å²) in [6, 6.07) is 7.00. The molecule has 0 radical (unpaired) electrons. The summed E-state index contributed by atoms with van der Waals surface area (Å²) < 4.78 is 15.8. The fraction of sp³-hybridized carbons (Fsp3) is 0.391. The monoisotopic (exact) mass is 435 g/mol. The Morgan fingerprint density at radius 1 is 1.03 bits per heavy atom. The third-order valence-corrected chi connectivity index (χ3v) is 6.03. The second-order valence-corrected chi connectivity index (χ2v) is 9.88. The molecule has 0 aliphatic carbocycles. The molecule has 3 N–H and O–H groups in total.